The molecule has 0 aliphatic carbocycles. The van der Waals surface area contributed by atoms with E-state index in [0.29, 0.717) is 22.5 Å². The fraction of sp³-hybridized carbons (Fsp3) is 0.167. The number of benzene rings is 3. The third-order valence-corrected chi connectivity index (χ3v) is 6.11. The van der Waals surface area contributed by atoms with Crippen LogP contribution in [0.4, 0.5) is 5.69 Å². The first kappa shape index (κ1) is 26.4. The third kappa shape index (κ3) is 5.46. The SMILES string of the molecule is CC(=O)Nc1ccc(C2=NN(C(C)=O)C(c3cn(-c4ccccc4)nc3-c3ccc(C)cc3)O2)cc1OC(C)=O. The Morgan fingerprint density at radius 2 is 1.62 bits per heavy atom. The first-order valence-corrected chi connectivity index (χ1v) is 12.6. The van der Waals surface area contributed by atoms with E-state index < -0.39 is 12.2 Å². The minimum atomic E-state index is -0.909. The highest BCUT2D eigenvalue weighted by Gasteiger charge is 2.37. The first-order chi connectivity index (χ1) is 19.2. The number of aryl methyl sites for hydroxylation is 1. The average molecular weight is 538 g/mol. The molecule has 2 heterocycles. The van der Waals surface area contributed by atoms with E-state index in [1.165, 1.54) is 31.8 Å². The van der Waals surface area contributed by atoms with Gasteiger partial charge in [0.1, 0.15) is 5.69 Å². The van der Waals surface area contributed by atoms with E-state index in [1.807, 2.05) is 67.7 Å². The maximum Gasteiger partial charge on any atom is 0.308 e. The molecule has 3 aromatic carbocycles. The number of amides is 2. The number of para-hydroxylation sites is 1. The number of esters is 1. The van der Waals surface area contributed by atoms with Crippen molar-refractivity contribution >= 4 is 29.4 Å². The van der Waals surface area contributed by atoms with Crippen LogP contribution in [0.1, 0.15) is 43.7 Å². The monoisotopic (exact) mass is 537 g/mol. The molecule has 1 unspecified atom stereocenters. The number of nitrogens with one attached hydrogen (secondary N) is 1. The summed E-state index contributed by atoms with van der Waals surface area (Å²) in [5.41, 5.74) is 4.84. The van der Waals surface area contributed by atoms with Gasteiger partial charge in [-0.15, -0.1) is 5.10 Å². The summed E-state index contributed by atoms with van der Waals surface area (Å²) in [6.07, 6.45) is 0.918. The van der Waals surface area contributed by atoms with Crippen molar-refractivity contribution < 1.29 is 23.9 Å². The van der Waals surface area contributed by atoms with Crippen LogP contribution in [0.15, 0.2) is 84.1 Å². The summed E-state index contributed by atoms with van der Waals surface area (Å²) in [5, 5.41) is 13.2. The van der Waals surface area contributed by atoms with E-state index >= 15 is 0 Å². The van der Waals surface area contributed by atoms with Crippen molar-refractivity contribution in [2.75, 3.05) is 5.32 Å². The molecule has 1 aromatic heterocycles. The number of nitrogens with zero attached hydrogens (tertiary/aromatic N) is 4. The molecule has 202 valence electrons. The molecule has 0 radical (unpaired) electrons. The Morgan fingerprint density at radius 3 is 2.27 bits per heavy atom. The minimum Gasteiger partial charge on any atom is -0.446 e. The number of carbonyl (C=O) groups is 3. The topological polar surface area (TPSA) is 115 Å². The highest BCUT2D eigenvalue weighted by atomic mass is 16.5. The predicted molar refractivity (Wildman–Crippen MR) is 149 cm³/mol. The van der Waals surface area contributed by atoms with Gasteiger partial charge in [-0.1, -0.05) is 48.0 Å². The van der Waals surface area contributed by atoms with Crippen molar-refractivity contribution in [3.8, 4) is 22.7 Å². The molecule has 1 aliphatic rings. The summed E-state index contributed by atoms with van der Waals surface area (Å²) in [5.74, 6) is -0.945. The molecule has 0 saturated heterocycles. The van der Waals surface area contributed by atoms with Crippen molar-refractivity contribution in [3.05, 3.63) is 95.7 Å². The lowest BCUT2D eigenvalue weighted by Crippen LogP contribution is -2.25. The smallest absolute Gasteiger partial charge is 0.308 e. The molecule has 0 spiro atoms. The lowest BCUT2D eigenvalue weighted by molar-refractivity contribution is -0.135. The summed E-state index contributed by atoms with van der Waals surface area (Å²) in [4.78, 5) is 36.1. The van der Waals surface area contributed by atoms with Gasteiger partial charge in [0.2, 0.25) is 23.9 Å². The fourth-order valence-corrected chi connectivity index (χ4v) is 4.29. The summed E-state index contributed by atoms with van der Waals surface area (Å²) in [6.45, 7) is 6.02. The van der Waals surface area contributed by atoms with E-state index in [0.717, 1.165) is 16.8 Å². The maximum atomic E-state index is 12.8. The molecule has 10 heteroatoms. The highest BCUT2D eigenvalue weighted by Crippen LogP contribution is 2.37. The number of aromatic nitrogens is 2. The Bertz CT molecular complexity index is 1630. The maximum absolute atomic E-state index is 12.8. The number of carbonyl (C=O) groups excluding carboxylic acids is 3. The van der Waals surface area contributed by atoms with Gasteiger partial charge in [0.05, 0.1) is 16.9 Å². The number of rotatable bonds is 6. The third-order valence-electron chi connectivity index (χ3n) is 6.11. The zero-order valence-corrected chi connectivity index (χ0v) is 22.4. The summed E-state index contributed by atoms with van der Waals surface area (Å²) in [6, 6.07) is 22.3. The Hall–Kier alpha value is -5.25. The Balaban J connectivity index is 1.57. The van der Waals surface area contributed by atoms with Gasteiger partial charge >= 0.3 is 5.97 Å². The Morgan fingerprint density at radius 1 is 0.925 bits per heavy atom. The number of hydrogen-bond acceptors (Lipinski definition) is 7. The second kappa shape index (κ2) is 10.9. The number of anilines is 1. The number of hydrazone groups is 1. The van der Waals surface area contributed by atoms with Crippen molar-refractivity contribution in [1.29, 1.82) is 0 Å². The van der Waals surface area contributed by atoms with Crippen LogP contribution in [0.5, 0.6) is 5.75 Å². The van der Waals surface area contributed by atoms with Gasteiger partial charge in [0.15, 0.2) is 5.75 Å². The molecule has 2 amide bonds. The second-order valence-electron chi connectivity index (χ2n) is 9.30. The van der Waals surface area contributed by atoms with Gasteiger partial charge in [-0.3, -0.25) is 14.4 Å². The molecule has 5 rings (SSSR count). The molecule has 40 heavy (non-hydrogen) atoms. The van der Waals surface area contributed by atoms with Crippen LogP contribution in [0, 0.1) is 6.92 Å². The predicted octanol–water partition coefficient (Wildman–Crippen LogP) is 4.97. The van der Waals surface area contributed by atoms with E-state index in [1.54, 1.807) is 16.8 Å². The second-order valence-corrected chi connectivity index (χ2v) is 9.30. The van der Waals surface area contributed by atoms with Crippen LogP contribution in [0.25, 0.3) is 16.9 Å². The van der Waals surface area contributed by atoms with Crippen molar-refractivity contribution in [2.24, 2.45) is 5.10 Å². The molecule has 1 atom stereocenters. The van der Waals surface area contributed by atoms with E-state index in [4.69, 9.17) is 14.6 Å². The van der Waals surface area contributed by atoms with Crippen molar-refractivity contribution in [1.82, 2.24) is 14.8 Å². The van der Waals surface area contributed by atoms with Crippen molar-refractivity contribution in [2.45, 2.75) is 33.9 Å². The van der Waals surface area contributed by atoms with Gasteiger partial charge in [0.25, 0.3) is 0 Å². The zero-order chi connectivity index (χ0) is 28.4. The van der Waals surface area contributed by atoms with Crippen LogP contribution in [0.2, 0.25) is 0 Å². The van der Waals surface area contributed by atoms with E-state index in [9.17, 15) is 14.4 Å². The molecule has 1 aliphatic heterocycles. The normalized spacial score (nSPS) is 14.3. The summed E-state index contributed by atoms with van der Waals surface area (Å²) in [7, 11) is 0. The van der Waals surface area contributed by atoms with Gasteiger partial charge in [-0.2, -0.15) is 10.1 Å². The van der Waals surface area contributed by atoms with Crippen LogP contribution in [0.3, 0.4) is 0 Å². The summed E-state index contributed by atoms with van der Waals surface area (Å²) >= 11 is 0. The molecule has 0 saturated carbocycles. The quantitative estimate of drug-likeness (QED) is 0.274. The lowest BCUT2D eigenvalue weighted by atomic mass is 10.1. The molecular weight excluding hydrogens is 510 g/mol. The van der Waals surface area contributed by atoms with Crippen LogP contribution in [-0.2, 0) is 19.1 Å². The average Bonchev–Trinajstić information content (AvgIpc) is 3.55. The molecule has 0 fully saturated rings. The van der Waals surface area contributed by atoms with Crippen LogP contribution < -0.4 is 10.1 Å². The first-order valence-electron chi connectivity index (χ1n) is 12.6. The summed E-state index contributed by atoms with van der Waals surface area (Å²) < 4.78 is 13.4. The molecule has 4 aromatic rings. The van der Waals surface area contributed by atoms with Gasteiger partial charge < -0.3 is 14.8 Å². The Labute approximate surface area is 230 Å². The van der Waals surface area contributed by atoms with E-state index in [2.05, 4.69) is 10.4 Å². The number of ether oxygens (including phenoxy) is 2. The highest BCUT2D eigenvalue weighted by molar-refractivity contribution is 5.99. The lowest BCUT2D eigenvalue weighted by Gasteiger charge is -2.19. The largest absolute Gasteiger partial charge is 0.446 e. The van der Waals surface area contributed by atoms with Gasteiger partial charge in [-0.05, 0) is 37.3 Å². The molecule has 10 nitrogen and oxygen atoms in total. The minimum absolute atomic E-state index is 0.126. The number of hydrogen-bond donors (Lipinski definition) is 1. The Kier molecular flexibility index (Phi) is 7.15. The molecule has 0 bridgehead atoms. The molecule has 1 N–H and O–H groups in total. The zero-order valence-electron chi connectivity index (χ0n) is 22.4. The van der Waals surface area contributed by atoms with Gasteiger partial charge in [0, 0.05) is 38.1 Å². The van der Waals surface area contributed by atoms with Crippen LogP contribution >= 0.6 is 0 Å². The fourth-order valence-electron chi connectivity index (χ4n) is 4.29. The van der Waals surface area contributed by atoms with Crippen molar-refractivity contribution in [3.63, 3.8) is 0 Å². The molecular formula is C30H27N5O5. The van der Waals surface area contributed by atoms with E-state index in [-0.39, 0.29) is 23.5 Å². The standard InChI is InChI=1S/C30H27N5O5/c1-18-10-12-22(13-11-18)28-25(17-34(32-28)24-8-6-5-7-9-24)30-35(20(3)37)33-29(40-30)23-14-15-26(31-19(2)36)27(16-23)39-21(4)38/h5-17,30H,1-4H3,(H,31,36). The van der Waals surface area contributed by atoms with Gasteiger partial charge in [-0.25, -0.2) is 4.68 Å². The van der Waals surface area contributed by atoms with Crippen LogP contribution in [-0.4, -0.2) is 38.5 Å².